The first-order valence-electron chi connectivity index (χ1n) is 14.3. The molecule has 1 aromatic rings. The highest BCUT2D eigenvalue weighted by atomic mass is 15.6. The van der Waals surface area contributed by atoms with Gasteiger partial charge >= 0.3 is 0 Å². The van der Waals surface area contributed by atoms with Crippen molar-refractivity contribution in [3.63, 3.8) is 0 Å². The molecule has 1 aliphatic heterocycles. The molecular weight excluding hydrogens is 468 g/mol. The summed E-state index contributed by atoms with van der Waals surface area (Å²) in [5.41, 5.74) is 9.38. The van der Waals surface area contributed by atoms with E-state index < -0.39 is 0 Å². The van der Waals surface area contributed by atoms with E-state index in [2.05, 4.69) is 145 Å². The number of para-hydroxylation sites is 1. The lowest BCUT2D eigenvalue weighted by Crippen LogP contribution is -2.61. The van der Waals surface area contributed by atoms with Crippen LogP contribution in [0.1, 0.15) is 47.5 Å². The van der Waals surface area contributed by atoms with Gasteiger partial charge in [-0.2, -0.15) is 0 Å². The fourth-order valence-corrected chi connectivity index (χ4v) is 5.82. The molecule has 3 unspecified atom stereocenters. The third-order valence-corrected chi connectivity index (χ3v) is 7.62. The second kappa shape index (κ2) is 12.5. The van der Waals surface area contributed by atoms with Gasteiger partial charge in [-0.15, -0.1) is 0 Å². The van der Waals surface area contributed by atoms with E-state index in [0.717, 1.165) is 50.4 Å². The lowest BCUT2D eigenvalue weighted by Gasteiger charge is -2.44. The smallest absolute Gasteiger partial charge is 0.0954 e. The lowest BCUT2D eigenvalue weighted by molar-refractivity contribution is 0.351. The highest BCUT2D eigenvalue weighted by Crippen LogP contribution is 2.38. The Balaban J connectivity index is 1.69. The van der Waals surface area contributed by atoms with Crippen molar-refractivity contribution in [1.29, 1.82) is 0 Å². The van der Waals surface area contributed by atoms with Gasteiger partial charge in [0.25, 0.3) is 0 Å². The first kappa shape index (κ1) is 27.8. The number of nitrogens with one attached hydrogen (secondary N) is 5. The van der Waals surface area contributed by atoms with Gasteiger partial charge in [-0.1, -0.05) is 62.4 Å². The normalized spacial score (nSPS) is 27.0. The fraction of sp³-hybridized carbons (Fsp3) is 0.438. The van der Waals surface area contributed by atoms with Crippen LogP contribution < -0.4 is 31.7 Å². The maximum Gasteiger partial charge on any atom is 0.0954 e. The molecule has 5 N–H and O–H groups in total. The molecule has 1 heterocycles. The largest absolute Gasteiger partial charge is 0.386 e. The van der Waals surface area contributed by atoms with Crippen molar-refractivity contribution in [2.75, 3.05) is 31.2 Å². The Kier molecular flexibility index (Phi) is 9.18. The Bertz CT molecular complexity index is 1130. The SMILES string of the molecule is CCNC1=CCC(C=CC2=C(C)C(C3(NCC)C=CC(NCC)=CC3)N(c3ccccc3)N2)(NCC)C=C1. The van der Waals surface area contributed by atoms with Crippen molar-refractivity contribution in [2.24, 2.45) is 0 Å². The Morgan fingerprint density at radius 1 is 0.868 bits per heavy atom. The van der Waals surface area contributed by atoms with Gasteiger partial charge in [-0.05, 0) is 82.6 Å². The number of hydrogen-bond donors (Lipinski definition) is 5. The van der Waals surface area contributed by atoms with E-state index in [0.29, 0.717) is 0 Å². The van der Waals surface area contributed by atoms with Gasteiger partial charge in [-0.3, -0.25) is 10.4 Å². The summed E-state index contributed by atoms with van der Waals surface area (Å²) in [6.07, 6.45) is 20.1. The third-order valence-electron chi connectivity index (χ3n) is 7.62. The van der Waals surface area contributed by atoms with E-state index in [4.69, 9.17) is 0 Å². The van der Waals surface area contributed by atoms with E-state index in [1.807, 2.05) is 0 Å². The Labute approximate surface area is 229 Å². The van der Waals surface area contributed by atoms with Gasteiger partial charge in [-0.25, -0.2) is 0 Å². The molecule has 4 rings (SSSR count). The monoisotopic (exact) mass is 514 g/mol. The van der Waals surface area contributed by atoms with Gasteiger partial charge in [0, 0.05) is 24.5 Å². The van der Waals surface area contributed by atoms with Crippen LogP contribution in [0.25, 0.3) is 0 Å². The molecule has 6 heteroatoms. The lowest BCUT2D eigenvalue weighted by atomic mass is 9.79. The molecule has 0 bridgehead atoms. The van der Waals surface area contributed by atoms with Gasteiger partial charge in [0.1, 0.15) is 0 Å². The zero-order chi connectivity index (χ0) is 27.0. The number of hydrogen-bond acceptors (Lipinski definition) is 6. The van der Waals surface area contributed by atoms with E-state index in [1.165, 1.54) is 17.0 Å². The van der Waals surface area contributed by atoms with Crippen molar-refractivity contribution >= 4 is 5.69 Å². The summed E-state index contributed by atoms with van der Waals surface area (Å²) in [6, 6.07) is 10.8. The van der Waals surface area contributed by atoms with Crippen LogP contribution in [-0.2, 0) is 0 Å². The summed E-state index contributed by atoms with van der Waals surface area (Å²) in [5.74, 6) is 0. The minimum absolute atomic E-state index is 0.109. The number of hydrazine groups is 1. The number of allylic oxidation sites excluding steroid dienone is 3. The molecule has 6 nitrogen and oxygen atoms in total. The molecule has 0 fully saturated rings. The maximum absolute atomic E-state index is 3.87. The van der Waals surface area contributed by atoms with E-state index in [-0.39, 0.29) is 17.1 Å². The molecular formula is C32H46N6. The van der Waals surface area contributed by atoms with Crippen LogP contribution in [0, 0.1) is 0 Å². The highest BCUT2D eigenvalue weighted by Gasteiger charge is 2.45. The average Bonchev–Trinajstić information content (AvgIpc) is 3.28. The summed E-state index contributed by atoms with van der Waals surface area (Å²) in [4.78, 5) is 0. The Morgan fingerprint density at radius 3 is 2.08 bits per heavy atom. The summed E-state index contributed by atoms with van der Waals surface area (Å²) in [5, 5.41) is 16.8. The molecule has 0 aromatic heterocycles. The Hall–Kier alpha value is -3.22. The summed E-state index contributed by atoms with van der Waals surface area (Å²) in [7, 11) is 0. The zero-order valence-electron chi connectivity index (χ0n) is 23.8. The zero-order valence-corrected chi connectivity index (χ0v) is 23.8. The molecule has 3 aliphatic rings. The van der Waals surface area contributed by atoms with Crippen molar-refractivity contribution in [2.45, 2.75) is 64.6 Å². The van der Waals surface area contributed by atoms with Gasteiger partial charge in [0.2, 0.25) is 0 Å². The maximum atomic E-state index is 3.87. The quantitative estimate of drug-likeness (QED) is 0.276. The van der Waals surface area contributed by atoms with Crippen molar-refractivity contribution in [3.05, 3.63) is 102 Å². The second-order valence-corrected chi connectivity index (χ2v) is 10.2. The number of anilines is 1. The van der Waals surface area contributed by atoms with Gasteiger partial charge in [0.05, 0.1) is 28.5 Å². The highest BCUT2D eigenvalue weighted by molar-refractivity contribution is 5.57. The molecule has 2 aliphatic carbocycles. The van der Waals surface area contributed by atoms with Crippen LogP contribution in [0.15, 0.2) is 102 Å². The predicted octanol–water partition coefficient (Wildman–Crippen LogP) is 4.81. The second-order valence-electron chi connectivity index (χ2n) is 10.2. The molecule has 3 atom stereocenters. The molecule has 204 valence electrons. The number of rotatable bonds is 12. The molecule has 0 amide bonds. The van der Waals surface area contributed by atoms with Crippen molar-refractivity contribution in [3.8, 4) is 0 Å². The van der Waals surface area contributed by atoms with E-state index in [1.54, 1.807) is 0 Å². The van der Waals surface area contributed by atoms with E-state index >= 15 is 0 Å². The number of benzene rings is 1. The number of nitrogens with zero attached hydrogens (tertiary/aromatic N) is 1. The molecule has 1 aromatic carbocycles. The topological polar surface area (TPSA) is 63.4 Å². The molecule has 0 radical (unpaired) electrons. The predicted molar refractivity (Wildman–Crippen MR) is 162 cm³/mol. The first-order chi connectivity index (χ1) is 18.5. The van der Waals surface area contributed by atoms with Crippen LogP contribution in [0.5, 0.6) is 0 Å². The number of likely N-dealkylation sites (N-methyl/N-ethyl adjacent to an activating group) is 4. The minimum atomic E-state index is -0.232. The molecule has 0 spiro atoms. The third kappa shape index (κ3) is 5.92. The van der Waals surface area contributed by atoms with Crippen LogP contribution in [0.3, 0.4) is 0 Å². The average molecular weight is 515 g/mol. The first-order valence-corrected chi connectivity index (χ1v) is 14.3. The van der Waals surface area contributed by atoms with E-state index in [9.17, 15) is 0 Å². The van der Waals surface area contributed by atoms with Crippen molar-refractivity contribution in [1.82, 2.24) is 26.7 Å². The molecule has 0 saturated carbocycles. The molecule has 0 saturated heterocycles. The Morgan fingerprint density at radius 2 is 1.53 bits per heavy atom. The summed E-state index contributed by atoms with van der Waals surface area (Å²) >= 11 is 0. The van der Waals surface area contributed by atoms with Crippen molar-refractivity contribution < 1.29 is 0 Å². The van der Waals surface area contributed by atoms with Gasteiger partial charge in [0.15, 0.2) is 0 Å². The summed E-state index contributed by atoms with van der Waals surface area (Å²) < 4.78 is 0. The van der Waals surface area contributed by atoms with Crippen LogP contribution in [0.2, 0.25) is 0 Å². The van der Waals surface area contributed by atoms with Crippen LogP contribution in [-0.4, -0.2) is 43.3 Å². The molecule has 38 heavy (non-hydrogen) atoms. The standard InChI is InChI=1S/C32H46N6/c1-6-33-26-15-20-31(21-16-26,35-8-3)22-19-29-25(5)30(38(37-29)28-13-11-10-12-14-28)32(36-9-4)23-17-27(18-24-32)34-7-2/h10-20,22-23,30,33-37H,6-9,21,24H2,1-5H3. The minimum Gasteiger partial charge on any atom is -0.386 e. The van der Waals surface area contributed by atoms with Crippen LogP contribution >= 0.6 is 0 Å². The fourth-order valence-electron chi connectivity index (χ4n) is 5.82. The summed E-state index contributed by atoms with van der Waals surface area (Å²) in [6.45, 7) is 14.6. The van der Waals surface area contributed by atoms with Gasteiger partial charge < -0.3 is 21.3 Å². The van der Waals surface area contributed by atoms with Crippen LogP contribution in [0.4, 0.5) is 5.69 Å².